The molecule has 17 nitrogen and oxygen atoms in total. The summed E-state index contributed by atoms with van der Waals surface area (Å²) >= 11 is 0. The third-order valence-electron chi connectivity index (χ3n) is 12.6. The number of amides is 6. The Kier molecular flexibility index (Phi) is 23.1. The van der Waals surface area contributed by atoms with E-state index in [1.54, 1.807) is 58.2 Å². The number of nitrogens with two attached hydrogens (primary N) is 1. The Morgan fingerprint density at radius 1 is 0.716 bits per heavy atom. The van der Waals surface area contributed by atoms with Crippen LogP contribution < -0.4 is 31.7 Å². The second kappa shape index (κ2) is 27.4. The zero-order chi connectivity index (χ0) is 55.8. The van der Waals surface area contributed by atoms with Crippen LogP contribution in [-0.2, 0) is 62.9 Å². The summed E-state index contributed by atoms with van der Waals surface area (Å²) in [5.74, 6) is -3.20. The molecule has 0 aromatic heterocycles. The smallest absolute Gasteiger partial charge is 0.407 e. The van der Waals surface area contributed by atoms with Gasteiger partial charge in [0.2, 0.25) is 33.7 Å². The van der Waals surface area contributed by atoms with E-state index >= 15 is 0 Å². The molecule has 7 N–H and O–H groups in total. The van der Waals surface area contributed by atoms with Crippen molar-refractivity contribution >= 4 is 45.7 Å². The zero-order valence-electron chi connectivity index (χ0n) is 46.1. The van der Waals surface area contributed by atoms with Crippen LogP contribution in [0.15, 0.2) is 96.6 Å². The number of hydrogen-bond acceptors (Lipinski definition) is 11. The van der Waals surface area contributed by atoms with E-state index in [4.69, 9.17) is 10.5 Å². The summed E-state index contributed by atoms with van der Waals surface area (Å²) in [7, 11) is 1.07. The van der Waals surface area contributed by atoms with Gasteiger partial charge in [-0.2, -0.15) is 0 Å². The monoisotopic (exact) mass is 1040 g/mol. The van der Waals surface area contributed by atoms with Crippen LogP contribution >= 0.6 is 0 Å². The molecule has 0 heterocycles. The standard InChI is InChI=1S/C56H84N8O9S/c1-37(2)45(64(14)52(69)46(54(4,5)6)61-51(68)47(63(12)13)56(10,11)42-25-19-16-20-26-42)33-38(3)48(65)62-74(71,72)36-41-30-28-40(29-31-41)35-59-50(67)44(27-21-22-32-58-53(70)73-55(7,8)9)60-49(66)43(57)34-39-23-17-15-18-24-39/h15-20,23-26,28-31,33,37,43-47H,21-22,27,32,34-36,57H2,1-14H3,(H,58,70)(H,59,67)(H,60,66)(H,61,68)(H,62,65)/b38-33+/t43-,44-,45+,46+,47+/m0/s1. The van der Waals surface area contributed by atoms with Crippen LogP contribution in [0.5, 0.6) is 0 Å². The third-order valence-corrected chi connectivity index (χ3v) is 13.8. The van der Waals surface area contributed by atoms with Gasteiger partial charge in [-0.1, -0.05) is 139 Å². The van der Waals surface area contributed by atoms with Crippen molar-refractivity contribution in [2.45, 2.75) is 155 Å². The van der Waals surface area contributed by atoms with E-state index < -0.39 is 86.2 Å². The van der Waals surface area contributed by atoms with Crippen molar-refractivity contribution < 1.29 is 41.9 Å². The highest BCUT2D eigenvalue weighted by Gasteiger charge is 2.43. The van der Waals surface area contributed by atoms with E-state index in [2.05, 4.69) is 26.0 Å². The van der Waals surface area contributed by atoms with Gasteiger partial charge >= 0.3 is 6.09 Å². The number of benzene rings is 3. The number of alkyl carbamates (subject to hydrolysis) is 1. The predicted molar refractivity (Wildman–Crippen MR) is 291 cm³/mol. The lowest BCUT2D eigenvalue weighted by atomic mass is 9.76. The van der Waals surface area contributed by atoms with Gasteiger partial charge in [0.05, 0.1) is 23.9 Å². The maximum absolute atomic E-state index is 14.4. The maximum Gasteiger partial charge on any atom is 0.407 e. The van der Waals surface area contributed by atoms with E-state index in [0.29, 0.717) is 30.5 Å². The van der Waals surface area contributed by atoms with Gasteiger partial charge in [0.15, 0.2) is 0 Å². The number of sulfonamides is 1. The van der Waals surface area contributed by atoms with E-state index in [-0.39, 0.29) is 42.7 Å². The lowest BCUT2D eigenvalue weighted by molar-refractivity contribution is -0.141. The lowest BCUT2D eigenvalue weighted by Gasteiger charge is -2.41. The molecule has 0 saturated carbocycles. The summed E-state index contributed by atoms with van der Waals surface area (Å²) in [6.07, 6.45) is 2.55. The molecule has 18 heteroatoms. The second-order valence-electron chi connectivity index (χ2n) is 22.3. The summed E-state index contributed by atoms with van der Waals surface area (Å²) in [4.78, 5) is 84.3. The van der Waals surface area contributed by atoms with E-state index in [1.807, 2.05) is 128 Å². The molecular formula is C56H84N8O9S. The van der Waals surface area contributed by atoms with Crippen molar-refractivity contribution in [2.24, 2.45) is 17.1 Å². The van der Waals surface area contributed by atoms with Gasteiger partial charge in [0.25, 0.3) is 5.91 Å². The van der Waals surface area contributed by atoms with Crippen LogP contribution in [0.25, 0.3) is 0 Å². The number of rotatable bonds is 25. The van der Waals surface area contributed by atoms with Gasteiger partial charge in [-0.05, 0) is 101 Å². The summed E-state index contributed by atoms with van der Waals surface area (Å²) in [5.41, 5.74) is 7.21. The molecule has 3 rings (SSSR count). The maximum atomic E-state index is 14.4. The van der Waals surface area contributed by atoms with Crippen molar-refractivity contribution in [1.29, 1.82) is 0 Å². The largest absolute Gasteiger partial charge is 0.444 e. The van der Waals surface area contributed by atoms with Gasteiger partial charge in [0.1, 0.15) is 17.7 Å². The van der Waals surface area contributed by atoms with Crippen molar-refractivity contribution in [1.82, 2.24) is 35.8 Å². The lowest BCUT2D eigenvalue weighted by Crippen LogP contribution is -2.61. The minimum Gasteiger partial charge on any atom is -0.444 e. The highest BCUT2D eigenvalue weighted by atomic mass is 32.2. The predicted octanol–water partition coefficient (Wildman–Crippen LogP) is 5.87. The fraction of sp³-hybridized carbons (Fsp3) is 0.536. The zero-order valence-corrected chi connectivity index (χ0v) is 46.9. The highest BCUT2D eigenvalue weighted by molar-refractivity contribution is 7.89. The first-order valence-electron chi connectivity index (χ1n) is 25.3. The Morgan fingerprint density at radius 2 is 1.28 bits per heavy atom. The van der Waals surface area contributed by atoms with Crippen molar-refractivity contribution in [3.63, 3.8) is 0 Å². The fourth-order valence-electron chi connectivity index (χ4n) is 8.57. The SMILES string of the molecule is C/C(=C\[C@H](C(C)C)N(C)C(=O)[C@@H](NC(=O)[C@@H](N(C)C)C(C)(C)c1ccccc1)C(C)(C)C)C(=O)NS(=O)(=O)Cc1ccc(CNC(=O)[C@H](CCCCNC(=O)OC(C)(C)C)NC(=O)[C@@H](N)Cc2ccccc2)cc1. The molecule has 0 unspecified atom stereocenters. The number of carbonyl (C=O) groups excluding carboxylic acids is 6. The van der Waals surface area contributed by atoms with E-state index in [1.165, 1.54) is 11.8 Å². The van der Waals surface area contributed by atoms with Gasteiger partial charge in [-0.25, -0.2) is 17.9 Å². The number of unbranched alkanes of at least 4 members (excludes halogenated alkanes) is 1. The van der Waals surface area contributed by atoms with Gasteiger partial charge in [0, 0.05) is 31.1 Å². The van der Waals surface area contributed by atoms with Crippen LogP contribution in [0, 0.1) is 11.3 Å². The summed E-state index contributed by atoms with van der Waals surface area (Å²) in [6, 6.07) is 21.4. The normalized spacial score (nSPS) is 14.5. The molecule has 0 aliphatic heterocycles. The Morgan fingerprint density at radius 3 is 1.82 bits per heavy atom. The Balaban J connectivity index is 1.67. The van der Waals surface area contributed by atoms with Gasteiger partial charge in [-0.15, -0.1) is 0 Å². The Bertz CT molecular complexity index is 2480. The van der Waals surface area contributed by atoms with Crippen LogP contribution in [0.4, 0.5) is 4.79 Å². The van der Waals surface area contributed by atoms with Crippen molar-refractivity contribution in [3.05, 3.63) is 119 Å². The van der Waals surface area contributed by atoms with E-state index in [9.17, 15) is 37.2 Å². The van der Waals surface area contributed by atoms with Crippen LogP contribution in [0.2, 0.25) is 0 Å². The van der Waals surface area contributed by atoms with Crippen LogP contribution in [-0.4, -0.2) is 117 Å². The number of nitrogens with zero attached hydrogens (tertiary/aromatic N) is 2. The topological polar surface area (TPSA) is 238 Å². The van der Waals surface area contributed by atoms with E-state index in [0.717, 1.165) is 11.1 Å². The minimum atomic E-state index is -4.20. The minimum absolute atomic E-state index is 0.0646. The first kappa shape index (κ1) is 62.2. The molecule has 74 heavy (non-hydrogen) atoms. The average molecular weight is 1050 g/mol. The van der Waals surface area contributed by atoms with Crippen molar-refractivity contribution in [2.75, 3.05) is 27.7 Å². The average Bonchev–Trinajstić information content (AvgIpc) is 3.30. The third kappa shape index (κ3) is 20.0. The molecule has 0 bridgehead atoms. The Labute approximate surface area is 440 Å². The number of carbonyl (C=O) groups is 6. The first-order chi connectivity index (χ1) is 34.3. The van der Waals surface area contributed by atoms with Gasteiger partial charge in [-0.3, -0.25) is 28.9 Å². The summed E-state index contributed by atoms with van der Waals surface area (Å²) in [6.45, 7) is 20.5. The molecular weight excluding hydrogens is 961 g/mol. The van der Waals surface area contributed by atoms with Crippen LogP contribution in [0.3, 0.4) is 0 Å². The van der Waals surface area contributed by atoms with Crippen LogP contribution in [0.1, 0.15) is 118 Å². The number of likely N-dealkylation sites (N-methyl/N-ethyl adjacent to an activating group) is 2. The quantitative estimate of drug-likeness (QED) is 0.0434. The number of hydrogen-bond donors (Lipinski definition) is 6. The molecule has 6 amide bonds. The Hall–Kier alpha value is -6.11. The first-order valence-corrected chi connectivity index (χ1v) is 26.9. The molecule has 0 aliphatic carbocycles. The molecule has 5 atom stereocenters. The number of nitrogens with one attached hydrogen (secondary N) is 5. The molecule has 3 aromatic rings. The van der Waals surface area contributed by atoms with Gasteiger partial charge < -0.3 is 36.6 Å². The molecule has 408 valence electrons. The second-order valence-corrected chi connectivity index (χ2v) is 24.0. The molecule has 0 fully saturated rings. The van der Waals surface area contributed by atoms with Crippen molar-refractivity contribution in [3.8, 4) is 0 Å². The molecule has 0 spiro atoms. The summed E-state index contributed by atoms with van der Waals surface area (Å²) < 4.78 is 34.2. The molecule has 0 aliphatic rings. The molecule has 0 saturated heterocycles. The molecule has 3 aromatic carbocycles. The highest BCUT2D eigenvalue weighted by Crippen LogP contribution is 2.31. The summed E-state index contributed by atoms with van der Waals surface area (Å²) in [5, 5.41) is 11.4. The molecule has 0 radical (unpaired) electrons. The number of ether oxygens (including phenoxy) is 1. The fourth-order valence-corrected chi connectivity index (χ4v) is 9.71.